The van der Waals surface area contributed by atoms with Crippen LogP contribution >= 0.6 is 0 Å². The SMILES string of the molecule is COc1ccc(C23Oc4ccc(/C=C/C(=O)O)cc4OC2(O)C(=O)c2c(O)cc(O)cc2O3)cc1. The van der Waals surface area contributed by atoms with Crippen molar-refractivity contribution in [2.24, 2.45) is 0 Å². The van der Waals surface area contributed by atoms with E-state index in [4.69, 9.17) is 24.1 Å². The van der Waals surface area contributed by atoms with E-state index in [2.05, 4.69) is 0 Å². The Morgan fingerprint density at radius 3 is 2.34 bits per heavy atom. The van der Waals surface area contributed by atoms with Crippen LogP contribution in [0.15, 0.2) is 60.7 Å². The summed E-state index contributed by atoms with van der Waals surface area (Å²) in [6, 6.07) is 12.6. The van der Waals surface area contributed by atoms with Crippen LogP contribution in [0.5, 0.6) is 34.5 Å². The average Bonchev–Trinajstić information content (AvgIpc) is 2.82. The lowest BCUT2D eigenvalue weighted by atomic mass is 9.85. The highest BCUT2D eigenvalue weighted by Gasteiger charge is 2.70. The molecular formula is C25H18O10. The van der Waals surface area contributed by atoms with Gasteiger partial charge in [-0.3, -0.25) is 4.79 Å². The van der Waals surface area contributed by atoms with Crippen molar-refractivity contribution in [2.45, 2.75) is 11.6 Å². The van der Waals surface area contributed by atoms with Gasteiger partial charge in [-0.05, 0) is 48.0 Å². The average molecular weight is 478 g/mol. The van der Waals surface area contributed by atoms with Gasteiger partial charge < -0.3 is 39.4 Å². The van der Waals surface area contributed by atoms with Gasteiger partial charge in [0.1, 0.15) is 28.6 Å². The normalized spacial score (nSPS) is 22.2. The molecule has 2 aliphatic heterocycles. The van der Waals surface area contributed by atoms with E-state index in [9.17, 15) is 24.9 Å². The van der Waals surface area contributed by atoms with Gasteiger partial charge in [0.2, 0.25) is 0 Å². The van der Waals surface area contributed by atoms with Crippen LogP contribution in [-0.4, -0.2) is 45.1 Å². The molecule has 2 aliphatic rings. The van der Waals surface area contributed by atoms with Crippen molar-refractivity contribution in [3.05, 3.63) is 77.4 Å². The number of phenols is 2. The second-order valence-corrected chi connectivity index (χ2v) is 7.84. The van der Waals surface area contributed by atoms with Gasteiger partial charge in [0.05, 0.1) is 7.11 Å². The number of phenolic OH excluding ortho intramolecular Hbond substituents is 2. The van der Waals surface area contributed by atoms with E-state index in [1.807, 2.05) is 0 Å². The van der Waals surface area contributed by atoms with Gasteiger partial charge in [-0.1, -0.05) is 6.07 Å². The van der Waals surface area contributed by atoms with Gasteiger partial charge in [-0.2, -0.15) is 0 Å². The third-order valence-electron chi connectivity index (χ3n) is 5.67. The summed E-state index contributed by atoms with van der Waals surface area (Å²) in [6.07, 6.45) is 2.21. The zero-order valence-electron chi connectivity index (χ0n) is 18.1. The van der Waals surface area contributed by atoms with Crippen molar-refractivity contribution in [1.82, 2.24) is 0 Å². The number of fused-ring (bicyclic) bond motifs is 3. The number of methoxy groups -OCH3 is 1. The lowest BCUT2D eigenvalue weighted by molar-refractivity contribution is -0.316. The molecule has 0 aliphatic carbocycles. The number of carbonyl (C=O) groups excluding carboxylic acids is 1. The summed E-state index contributed by atoms with van der Waals surface area (Å²) < 4.78 is 23.1. The monoisotopic (exact) mass is 478 g/mol. The van der Waals surface area contributed by atoms with Crippen molar-refractivity contribution in [1.29, 1.82) is 0 Å². The number of aliphatic carboxylic acids is 1. The Bertz CT molecular complexity index is 1390. The van der Waals surface area contributed by atoms with Crippen LogP contribution in [0.4, 0.5) is 0 Å². The third kappa shape index (κ3) is 3.30. The number of benzene rings is 3. The van der Waals surface area contributed by atoms with Crippen molar-refractivity contribution in [3.8, 4) is 34.5 Å². The maximum absolute atomic E-state index is 13.6. The smallest absolute Gasteiger partial charge is 0.357 e. The molecule has 0 spiro atoms. The molecule has 5 rings (SSSR count). The first-order valence-electron chi connectivity index (χ1n) is 10.3. The first-order chi connectivity index (χ1) is 16.7. The number of ether oxygens (including phenoxy) is 4. The zero-order valence-corrected chi connectivity index (χ0v) is 18.1. The molecule has 4 N–H and O–H groups in total. The fourth-order valence-corrected chi connectivity index (χ4v) is 4.04. The molecule has 10 nitrogen and oxygen atoms in total. The standard InChI is InChI=1S/C25H18O10/c1-32-16-6-4-14(5-7-16)25-24(31,23(30)22-17(27)11-15(26)12-20(22)35-25)33-19-10-13(3-9-21(28)29)2-8-18(19)34-25/h2-12,26-27,31H,1H3,(H,28,29)/b9-3+. The highest BCUT2D eigenvalue weighted by Crippen LogP contribution is 2.55. The van der Waals surface area contributed by atoms with Crippen LogP contribution in [0, 0.1) is 0 Å². The Labute approximate surface area is 197 Å². The Morgan fingerprint density at radius 2 is 1.66 bits per heavy atom. The quantitative estimate of drug-likeness (QED) is 0.412. The molecule has 2 atom stereocenters. The molecule has 178 valence electrons. The molecule has 0 saturated carbocycles. The summed E-state index contributed by atoms with van der Waals surface area (Å²) in [5.74, 6) is -8.10. The van der Waals surface area contributed by atoms with E-state index in [1.165, 1.54) is 37.5 Å². The number of aliphatic hydroxyl groups is 1. The molecule has 3 aromatic rings. The van der Waals surface area contributed by atoms with E-state index in [1.54, 1.807) is 18.2 Å². The fraction of sp³-hybridized carbons (Fsp3) is 0.120. The maximum Gasteiger partial charge on any atom is 0.357 e. The Hall–Kier alpha value is -4.70. The highest BCUT2D eigenvalue weighted by atomic mass is 16.8. The molecule has 0 amide bonds. The number of rotatable bonds is 4. The number of hydrogen-bond donors (Lipinski definition) is 4. The van der Waals surface area contributed by atoms with E-state index in [0.717, 1.165) is 18.2 Å². The predicted molar refractivity (Wildman–Crippen MR) is 119 cm³/mol. The molecule has 35 heavy (non-hydrogen) atoms. The highest BCUT2D eigenvalue weighted by molar-refractivity contribution is 6.08. The Balaban J connectivity index is 1.72. The maximum atomic E-state index is 13.6. The van der Waals surface area contributed by atoms with Crippen LogP contribution < -0.4 is 18.9 Å². The molecule has 0 aromatic heterocycles. The van der Waals surface area contributed by atoms with Crippen molar-refractivity contribution >= 4 is 17.8 Å². The zero-order chi connectivity index (χ0) is 25.0. The first kappa shape index (κ1) is 22.1. The largest absolute Gasteiger partial charge is 0.508 e. The summed E-state index contributed by atoms with van der Waals surface area (Å²) in [5.41, 5.74) is 0.152. The molecular weight excluding hydrogens is 460 g/mol. The van der Waals surface area contributed by atoms with E-state index < -0.39 is 34.6 Å². The van der Waals surface area contributed by atoms with E-state index >= 15 is 0 Å². The Kier molecular flexibility index (Phi) is 4.85. The number of carboxylic acid groups (broad SMARTS) is 1. The molecule has 2 unspecified atom stereocenters. The molecule has 0 saturated heterocycles. The van der Waals surface area contributed by atoms with Gasteiger partial charge in [0.25, 0.3) is 5.78 Å². The lowest BCUT2D eigenvalue weighted by Gasteiger charge is -2.50. The number of hydrogen-bond acceptors (Lipinski definition) is 9. The van der Waals surface area contributed by atoms with Crippen LogP contribution in [0.2, 0.25) is 0 Å². The van der Waals surface area contributed by atoms with E-state index in [0.29, 0.717) is 11.3 Å². The minimum absolute atomic E-state index is 0.0668. The predicted octanol–water partition coefficient (Wildman–Crippen LogP) is 2.79. The molecule has 0 radical (unpaired) electrons. The van der Waals surface area contributed by atoms with Gasteiger partial charge in [-0.15, -0.1) is 0 Å². The lowest BCUT2D eigenvalue weighted by Crippen LogP contribution is -2.70. The van der Waals surface area contributed by atoms with Crippen molar-refractivity contribution in [2.75, 3.05) is 7.11 Å². The second-order valence-electron chi connectivity index (χ2n) is 7.84. The number of aromatic hydroxyl groups is 2. The topological polar surface area (TPSA) is 152 Å². The molecule has 10 heteroatoms. The summed E-state index contributed by atoms with van der Waals surface area (Å²) in [4.78, 5) is 24.5. The molecule has 2 heterocycles. The van der Waals surface area contributed by atoms with Crippen LogP contribution in [0.25, 0.3) is 6.08 Å². The molecule has 3 aromatic carbocycles. The molecule has 0 bridgehead atoms. The van der Waals surface area contributed by atoms with Gasteiger partial charge in [-0.25, -0.2) is 4.79 Å². The second kappa shape index (κ2) is 7.67. The first-order valence-corrected chi connectivity index (χ1v) is 10.3. The number of carbonyl (C=O) groups is 2. The summed E-state index contributed by atoms with van der Waals surface area (Å²) in [5, 5.41) is 40.9. The van der Waals surface area contributed by atoms with E-state index in [-0.39, 0.29) is 28.6 Å². The number of carboxylic acids is 1. The number of Topliss-reactive ketones (excluding diaryl/α,β-unsaturated/α-hetero) is 1. The molecule has 0 fully saturated rings. The number of ketones is 1. The summed E-state index contributed by atoms with van der Waals surface area (Å²) in [7, 11) is 1.47. The van der Waals surface area contributed by atoms with Crippen molar-refractivity contribution < 1.29 is 49.0 Å². The summed E-state index contributed by atoms with van der Waals surface area (Å²) in [6.45, 7) is 0. The van der Waals surface area contributed by atoms with Crippen LogP contribution in [0.1, 0.15) is 21.5 Å². The minimum atomic E-state index is -2.83. The van der Waals surface area contributed by atoms with Gasteiger partial charge >= 0.3 is 17.5 Å². The minimum Gasteiger partial charge on any atom is -0.508 e. The van der Waals surface area contributed by atoms with Crippen LogP contribution in [-0.2, 0) is 10.6 Å². The third-order valence-corrected chi connectivity index (χ3v) is 5.67. The fourth-order valence-electron chi connectivity index (χ4n) is 4.04. The van der Waals surface area contributed by atoms with Gasteiger partial charge in [0, 0.05) is 23.8 Å². The van der Waals surface area contributed by atoms with Crippen LogP contribution in [0.3, 0.4) is 0 Å². The Morgan fingerprint density at radius 1 is 0.943 bits per heavy atom. The summed E-state index contributed by atoms with van der Waals surface area (Å²) >= 11 is 0. The van der Waals surface area contributed by atoms with Gasteiger partial charge in [0.15, 0.2) is 11.5 Å². The van der Waals surface area contributed by atoms with Crippen molar-refractivity contribution in [3.63, 3.8) is 0 Å².